The monoisotopic (exact) mass is 375 g/mol. The van der Waals surface area contributed by atoms with E-state index in [1.54, 1.807) is 19.1 Å². The normalized spacial score (nSPS) is 14.7. The molecule has 9 nitrogen and oxygen atoms in total. The highest BCUT2D eigenvalue weighted by molar-refractivity contribution is 5.80. The van der Waals surface area contributed by atoms with Crippen LogP contribution in [-0.2, 0) is 9.53 Å². The number of likely N-dealkylation sites (N-methyl/N-ethyl adjacent to an activating group) is 1. The van der Waals surface area contributed by atoms with Crippen LogP contribution in [0.2, 0.25) is 0 Å². The molecule has 0 atom stereocenters. The highest BCUT2D eigenvalue weighted by Crippen LogP contribution is 2.21. The fraction of sp³-hybridized carbons (Fsp3) is 0.500. The molecule has 1 aromatic carbocycles. The molecule has 2 heterocycles. The number of rotatable bonds is 8. The van der Waals surface area contributed by atoms with Gasteiger partial charge in [0.25, 0.3) is 0 Å². The largest absolute Gasteiger partial charge is 0.497 e. The van der Waals surface area contributed by atoms with Crippen LogP contribution in [0.5, 0.6) is 5.75 Å². The van der Waals surface area contributed by atoms with Crippen molar-refractivity contribution in [3.63, 3.8) is 0 Å². The van der Waals surface area contributed by atoms with E-state index in [-0.39, 0.29) is 12.5 Å². The highest BCUT2D eigenvalue weighted by atomic mass is 16.5. The van der Waals surface area contributed by atoms with E-state index in [0.717, 1.165) is 44.2 Å². The summed E-state index contributed by atoms with van der Waals surface area (Å²) in [5, 5.41) is 6.89. The van der Waals surface area contributed by atoms with Gasteiger partial charge in [-0.3, -0.25) is 9.69 Å². The van der Waals surface area contributed by atoms with Crippen LogP contribution >= 0.6 is 0 Å². The Kier molecular flexibility index (Phi) is 6.61. The van der Waals surface area contributed by atoms with Gasteiger partial charge >= 0.3 is 6.01 Å². The lowest BCUT2D eigenvalue weighted by atomic mass is 10.2. The Morgan fingerprint density at radius 3 is 2.74 bits per heavy atom. The minimum Gasteiger partial charge on any atom is -0.497 e. The molecule has 0 saturated carbocycles. The van der Waals surface area contributed by atoms with E-state index < -0.39 is 0 Å². The third kappa shape index (κ3) is 5.41. The van der Waals surface area contributed by atoms with Gasteiger partial charge in [-0.1, -0.05) is 5.16 Å². The molecule has 0 bridgehead atoms. The van der Waals surface area contributed by atoms with Gasteiger partial charge in [0.2, 0.25) is 11.7 Å². The molecule has 1 aliphatic rings. The van der Waals surface area contributed by atoms with Gasteiger partial charge < -0.3 is 24.2 Å². The molecule has 3 rings (SSSR count). The van der Waals surface area contributed by atoms with Crippen molar-refractivity contribution in [2.24, 2.45) is 0 Å². The average Bonchev–Trinajstić information content (AvgIpc) is 3.19. The van der Waals surface area contributed by atoms with Crippen molar-refractivity contribution < 1.29 is 18.8 Å². The molecule has 1 amide bonds. The van der Waals surface area contributed by atoms with E-state index in [2.05, 4.69) is 20.4 Å². The Balaban J connectivity index is 1.46. The van der Waals surface area contributed by atoms with Crippen LogP contribution in [0.3, 0.4) is 0 Å². The number of hydrogen-bond donors (Lipinski definition) is 1. The maximum atomic E-state index is 12.1. The number of carbonyl (C=O) groups is 1. The molecule has 0 radical (unpaired) electrons. The Hall–Kier alpha value is -2.65. The summed E-state index contributed by atoms with van der Waals surface area (Å²) in [6, 6.07) is 7.66. The summed E-state index contributed by atoms with van der Waals surface area (Å²) in [5.74, 6) is 1.13. The van der Waals surface area contributed by atoms with Gasteiger partial charge in [-0.25, -0.2) is 0 Å². The summed E-state index contributed by atoms with van der Waals surface area (Å²) in [5.41, 5.74) is 0.814. The van der Waals surface area contributed by atoms with Crippen molar-refractivity contribution in [3.05, 3.63) is 24.3 Å². The quantitative estimate of drug-likeness (QED) is 0.718. The van der Waals surface area contributed by atoms with E-state index in [9.17, 15) is 4.79 Å². The first kappa shape index (κ1) is 19.1. The number of benzene rings is 1. The summed E-state index contributed by atoms with van der Waals surface area (Å²) in [6.45, 7) is 4.90. The number of aromatic nitrogens is 2. The first-order valence-electron chi connectivity index (χ1n) is 8.92. The van der Waals surface area contributed by atoms with Gasteiger partial charge in [0.05, 0.1) is 20.3 Å². The number of anilines is 1. The predicted molar refractivity (Wildman–Crippen MR) is 99.8 cm³/mol. The fourth-order valence-corrected chi connectivity index (χ4v) is 2.75. The molecular weight excluding hydrogens is 350 g/mol. The second kappa shape index (κ2) is 9.33. The van der Waals surface area contributed by atoms with Crippen molar-refractivity contribution in [2.45, 2.75) is 0 Å². The molecule has 1 aromatic heterocycles. The third-order valence-corrected chi connectivity index (χ3v) is 4.32. The Morgan fingerprint density at radius 1 is 1.30 bits per heavy atom. The van der Waals surface area contributed by atoms with Gasteiger partial charge in [0, 0.05) is 38.8 Å². The molecule has 0 aliphatic carbocycles. The zero-order valence-corrected chi connectivity index (χ0v) is 15.7. The number of hydrogen-bond acceptors (Lipinski definition) is 8. The summed E-state index contributed by atoms with van der Waals surface area (Å²) < 4.78 is 15.7. The summed E-state index contributed by atoms with van der Waals surface area (Å²) in [6.07, 6.45) is 0. The number of nitrogens with zero attached hydrogens (tertiary/aromatic N) is 4. The molecule has 9 heteroatoms. The van der Waals surface area contributed by atoms with Gasteiger partial charge in [-0.05, 0) is 24.3 Å². The van der Waals surface area contributed by atoms with Crippen LogP contribution in [0.4, 0.5) is 6.01 Å². The molecule has 0 unspecified atom stereocenters. The van der Waals surface area contributed by atoms with Gasteiger partial charge in [0.15, 0.2) is 0 Å². The molecule has 1 N–H and O–H groups in total. The average molecular weight is 375 g/mol. The summed E-state index contributed by atoms with van der Waals surface area (Å²) in [7, 11) is 3.36. The van der Waals surface area contributed by atoms with Crippen molar-refractivity contribution in [1.82, 2.24) is 20.4 Å². The fourth-order valence-electron chi connectivity index (χ4n) is 2.75. The molecule has 146 valence electrons. The lowest BCUT2D eigenvalue weighted by Gasteiger charge is -2.26. The van der Waals surface area contributed by atoms with E-state index in [1.807, 2.05) is 24.3 Å². The Morgan fingerprint density at radius 2 is 2.04 bits per heavy atom. The predicted octanol–water partition coefficient (Wildman–Crippen LogP) is 0.630. The molecule has 27 heavy (non-hydrogen) atoms. The minimum absolute atomic E-state index is 0.0880. The first-order chi connectivity index (χ1) is 13.2. The lowest BCUT2D eigenvalue weighted by molar-refractivity contribution is -0.119. The number of nitrogens with one attached hydrogen (secondary N) is 1. The number of carbonyl (C=O) groups excluding carboxylic acids is 1. The van der Waals surface area contributed by atoms with E-state index in [4.69, 9.17) is 14.0 Å². The van der Waals surface area contributed by atoms with Crippen molar-refractivity contribution in [2.75, 3.05) is 65.0 Å². The zero-order chi connectivity index (χ0) is 19.1. The molecule has 0 spiro atoms. The second-order valence-electron chi connectivity index (χ2n) is 6.29. The van der Waals surface area contributed by atoms with Crippen LogP contribution in [-0.4, -0.2) is 81.0 Å². The summed E-state index contributed by atoms with van der Waals surface area (Å²) in [4.78, 5) is 20.4. The minimum atomic E-state index is -0.0880. The topological polar surface area (TPSA) is 93.0 Å². The maximum Gasteiger partial charge on any atom is 0.324 e. The molecule has 1 aliphatic heterocycles. The molecule has 1 saturated heterocycles. The molecule has 2 aromatic rings. The van der Waals surface area contributed by atoms with Gasteiger partial charge in [0.1, 0.15) is 12.3 Å². The van der Waals surface area contributed by atoms with Gasteiger partial charge in [-0.15, -0.1) is 0 Å². The highest BCUT2D eigenvalue weighted by Gasteiger charge is 2.16. The van der Waals surface area contributed by atoms with Crippen LogP contribution in [0.25, 0.3) is 11.4 Å². The van der Waals surface area contributed by atoms with Gasteiger partial charge in [-0.2, -0.15) is 4.98 Å². The van der Waals surface area contributed by atoms with Crippen molar-refractivity contribution in [3.8, 4) is 17.1 Å². The molecular formula is C18H25N5O4. The van der Waals surface area contributed by atoms with E-state index in [0.29, 0.717) is 18.4 Å². The lowest BCUT2D eigenvalue weighted by Crippen LogP contribution is -2.43. The zero-order valence-electron chi connectivity index (χ0n) is 15.7. The SMILES string of the molecule is COc1ccc(-c2noc(N(C)CC(=O)NCCN3CCOCC3)n2)cc1. The molecule has 1 fully saturated rings. The third-order valence-electron chi connectivity index (χ3n) is 4.32. The van der Waals surface area contributed by atoms with Crippen LogP contribution in [0, 0.1) is 0 Å². The number of morpholine rings is 1. The smallest absolute Gasteiger partial charge is 0.324 e. The number of ether oxygens (including phenoxy) is 2. The van der Waals surface area contributed by atoms with Crippen LogP contribution < -0.4 is 15.0 Å². The standard InChI is InChI=1S/C18H25N5O4/c1-22(13-16(24)19-7-8-23-9-11-26-12-10-23)18-20-17(21-27-18)14-3-5-15(25-2)6-4-14/h3-6H,7-13H2,1-2H3,(H,19,24). The Bertz CT molecular complexity index is 728. The van der Waals surface area contributed by atoms with Crippen molar-refractivity contribution in [1.29, 1.82) is 0 Å². The Labute approximate surface area is 158 Å². The van der Waals surface area contributed by atoms with Crippen LogP contribution in [0.15, 0.2) is 28.8 Å². The first-order valence-corrected chi connectivity index (χ1v) is 8.92. The summed E-state index contributed by atoms with van der Waals surface area (Å²) >= 11 is 0. The van der Waals surface area contributed by atoms with Crippen LogP contribution in [0.1, 0.15) is 0 Å². The number of methoxy groups -OCH3 is 1. The van der Waals surface area contributed by atoms with E-state index >= 15 is 0 Å². The van der Waals surface area contributed by atoms with Crippen molar-refractivity contribution >= 4 is 11.9 Å². The number of amides is 1. The second-order valence-corrected chi connectivity index (χ2v) is 6.29. The van der Waals surface area contributed by atoms with E-state index in [1.165, 1.54) is 0 Å². The maximum absolute atomic E-state index is 12.1.